The number of pyridine rings is 1. The van der Waals surface area contributed by atoms with Crippen molar-refractivity contribution in [3.8, 4) is 0 Å². The van der Waals surface area contributed by atoms with E-state index in [2.05, 4.69) is 5.32 Å². The lowest BCUT2D eigenvalue weighted by atomic mass is 9.95. The molecule has 2 aromatic heterocycles. The van der Waals surface area contributed by atoms with Crippen molar-refractivity contribution in [3.63, 3.8) is 0 Å². The zero-order valence-electron chi connectivity index (χ0n) is 16.6. The predicted molar refractivity (Wildman–Crippen MR) is 122 cm³/mol. The van der Waals surface area contributed by atoms with Gasteiger partial charge in [-0.3, -0.25) is 18.9 Å². The van der Waals surface area contributed by atoms with Crippen LogP contribution in [0.2, 0.25) is 0 Å². The van der Waals surface area contributed by atoms with Crippen LogP contribution >= 0.6 is 24.0 Å². The number of thiocarbonyl (C=S) groups is 1. The van der Waals surface area contributed by atoms with Crippen molar-refractivity contribution >= 4 is 51.7 Å². The molecule has 1 saturated heterocycles. The molecule has 4 rings (SSSR count). The smallest absolute Gasteiger partial charge is 0.267 e. The standard InChI is InChI=1S/C21H24N4O2S2/c1-13(2)25-20(27)16(29-21(25)28)12-15-18(22-14-8-4-3-5-9-14)23-17-10-6-7-11-24(17)19(15)26/h6-7,10-14,22H,3-5,8-9H2,1-2H3/b16-12+. The van der Waals surface area contributed by atoms with Crippen LogP contribution in [-0.2, 0) is 4.79 Å². The van der Waals surface area contributed by atoms with Crippen LogP contribution in [0.15, 0.2) is 34.1 Å². The van der Waals surface area contributed by atoms with E-state index in [4.69, 9.17) is 17.2 Å². The normalized spacial score (nSPS) is 19.7. The maximum Gasteiger partial charge on any atom is 0.267 e. The van der Waals surface area contributed by atoms with Gasteiger partial charge in [-0.15, -0.1) is 0 Å². The van der Waals surface area contributed by atoms with Crippen LogP contribution in [0.4, 0.5) is 5.82 Å². The Morgan fingerprint density at radius 1 is 1.24 bits per heavy atom. The fourth-order valence-corrected chi connectivity index (χ4v) is 5.34. The minimum atomic E-state index is -0.191. The number of aromatic nitrogens is 2. The minimum absolute atomic E-state index is 0.0240. The second-order valence-corrected chi connectivity index (χ2v) is 9.41. The second-order valence-electron chi connectivity index (χ2n) is 7.73. The van der Waals surface area contributed by atoms with Crippen molar-refractivity contribution in [3.05, 3.63) is 45.2 Å². The highest BCUT2D eigenvalue weighted by Crippen LogP contribution is 2.34. The van der Waals surface area contributed by atoms with Crippen LogP contribution in [0.25, 0.3) is 11.7 Å². The lowest BCUT2D eigenvalue weighted by Crippen LogP contribution is -2.34. The topological polar surface area (TPSA) is 66.7 Å². The van der Waals surface area contributed by atoms with E-state index in [0.29, 0.717) is 32.3 Å². The van der Waals surface area contributed by atoms with Crippen LogP contribution < -0.4 is 10.9 Å². The fourth-order valence-electron chi connectivity index (χ4n) is 3.84. The maximum absolute atomic E-state index is 13.3. The fraction of sp³-hybridized carbons (Fsp3) is 0.429. The van der Waals surface area contributed by atoms with E-state index in [0.717, 1.165) is 12.8 Å². The molecule has 0 atom stereocenters. The maximum atomic E-state index is 13.3. The number of carbonyl (C=O) groups excluding carboxylic acids is 1. The molecule has 8 heteroatoms. The molecule has 2 aromatic rings. The molecule has 1 aliphatic carbocycles. The van der Waals surface area contributed by atoms with E-state index in [-0.39, 0.29) is 17.5 Å². The van der Waals surface area contributed by atoms with Gasteiger partial charge < -0.3 is 5.32 Å². The zero-order valence-corrected chi connectivity index (χ0v) is 18.2. The van der Waals surface area contributed by atoms with Crippen molar-refractivity contribution in [1.82, 2.24) is 14.3 Å². The summed E-state index contributed by atoms with van der Waals surface area (Å²) >= 11 is 6.61. The summed E-state index contributed by atoms with van der Waals surface area (Å²) in [5.74, 6) is 0.388. The first-order valence-corrected chi connectivity index (χ1v) is 11.2. The molecule has 152 valence electrons. The number of hydrogen-bond donors (Lipinski definition) is 1. The van der Waals surface area contributed by atoms with Crippen molar-refractivity contribution < 1.29 is 4.79 Å². The van der Waals surface area contributed by atoms with Crippen LogP contribution in [-0.4, -0.2) is 36.6 Å². The lowest BCUT2D eigenvalue weighted by Gasteiger charge is -2.24. The quantitative estimate of drug-likeness (QED) is 0.585. The van der Waals surface area contributed by atoms with Gasteiger partial charge in [-0.2, -0.15) is 0 Å². The number of amides is 1. The molecular formula is C21H24N4O2S2. The molecular weight excluding hydrogens is 404 g/mol. The number of rotatable bonds is 4. The van der Waals surface area contributed by atoms with Crippen LogP contribution in [0, 0.1) is 0 Å². The number of nitrogens with zero attached hydrogens (tertiary/aromatic N) is 3. The average molecular weight is 429 g/mol. The van der Waals surface area contributed by atoms with Gasteiger partial charge in [0.15, 0.2) is 0 Å². The van der Waals surface area contributed by atoms with Gasteiger partial charge >= 0.3 is 0 Å². The number of thioether (sulfide) groups is 1. The SMILES string of the molecule is CC(C)N1C(=O)/C(=C\c2c(NC3CCCCC3)nc3ccccn3c2=O)SC1=S. The van der Waals surface area contributed by atoms with E-state index in [1.165, 1.54) is 35.4 Å². The minimum Gasteiger partial charge on any atom is -0.367 e. The Labute approximate surface area is 179 Å². The van der Waals surface area contributed by atoms with Gasteiger partial charge in [0.05, 0.1) is 10.5 Å². The molecule has 0 radical (unpaired) electrons. The van der Waals surface area contributed by atoms with Crippen LogP contribution in [0.1, 0.15) is 51.5 Å². The Bertz CT molecular complexity index is 1050. The number of anilines is 1. The summed E-state index contributed by atoms with van der Waals surface area (Å²) in [6.07, 6.45) is 9.07. The van der Waals surface area contributed by atoms with Crippen molar-refractivity contribution in [2.24, 2.45) is 0 Å². The molecule has 0 spiro atoms. The van der Waals surface area contributed by atoms with Gasteiger partial charge in [0, 0.05) is 18.3 Å². The second kappa shape index (κ2) is 8.28. The first kappa shape index (κ1) is 20.1. The highest BCUT2D eigenvalue weighted by molar-refractivity contribution is 8.26. The predicted octanol–water partition coefficient (Wildman–Crippen LogP) is 4.05. The molecule has 1 aliphatic heterocycles. The third-order valence-electron chi connectivity index (χ3n) is 5.33. The van der Waals surface area contributed by atoms with E-state index in [1.54, 1.807) is 23.2 Å². The molecule has 0 unspecified atom stereocenters. The molecule has 0 aromatic carbocycles. The molecule has 29 heavy (non-hydrogen) atoms. The van der Waals surface area contributed by atoms with E-state index in [9.17, 15) is 9.59 Å². The number of nitrogens with one attached hydrogen (secondary N) is 1. The molecule has 0 bridgehead atoms. The van der Waals surface area contributed by atoms with Gasteiger partial charge in [-0.1, -0.05) is 49.3 Å². The highest BCUT2D eigenvalue weighted by atomic mass is 32.2. The van der Waals surface area contributed by atoms with Gasteiger partial charge in [0.2, 0.25) is 0 Å². The Kier molecular flexibility index (Phi) is 5.74. The number of carbonyl (C=O) groups is 1. The van der Waals surface area contributed by atoms with Gasteiger partial charge in [0.1, 0.15) is 15.8 Å². The van der Waals surface area contributed by atoms with E-state index < -0.39 is 0 Å². The molecule has 2 aliphatic rings. The van der Waals surface area contributed by atoms with E-state index in [1.807, 2.05) is 26.0 Å². The first-order valence-electron chi connectivity index (χ1n) is 10.0. The Morgan fingerprint density at radius 3 is 2.69 bits per heavy atom. The lowest BCUT2D eigenvalue weighted by molar-refractivity contribution is -0.123. The third-order valence-corrected chi connectivity index (χ3v) is 6.66. The Hall–Kier alpha value is -2.19. The number of fused-ring (bicyclic) bond motifs is 1. The van der Waals surface area contributed by atoms with E-state index >= 15 is 0 Å². The molecule has 2 fully saturated rings. The average Bonchev–Trinajstić information content (AvgIpc) is 2.99. The van der Waals surface area contributed by atoms with Gasteiger partial charge in [0.25, 0.3) is 11.5 Å². The Balaban J connectivity index is 1.80. The Morgan fingerprint density at radius 2 is 2.00 bits per heavy atom. The van der Waals surface area contributed by atoms with Gasteiger partial charge in [-0.25, -0.2) is 4.98 Å². The summed E-state index contributed by atoms with van der Waals surface area (Å²) in [6, 6.07) is 5.74. The van der Waals surface area contributed by atoms with Gasteiger partial charge in [-0.05, 0) is 44.9 Å². The summed E-state index contributed by atoms with van der Waals surface area (Å²) < 4.78 is 2.04. The summed E-state index contributed by atoms with van der Waals surface area (Å²) in [6.45, 7) is 3.85. The monoisotopic (exact) mass is 428 g/mol. The summed E-state index contributed by atoms with van der Waals surface area (Å²) in [7, 11) is 0. The highest BCUT2D eigenvalue weighted by Gasteiger charge is 2.34. The zero-order chi connectivity index (χ0) is 20.5. The van der Waals surface area contributed by atoms with Crippen molar-refractivity contribution in [2.45, 2.75) is 58.0 Å². The molecule has 1 amide bonds. The largest absolute Gasteiger partial charge is 0.367 e. The molecule has 3 heterocycles. The molecule has 6 nitrogen and oxygen atoms in total. The molecule has 1 N–H and O–H groups in total. The molecule has 1 saturated carbocycles. The van der Waals surface area contributed by atoms with Crippen LogP contribution in [0.3, 0.4) is 0 Å². The first-order chi connectivity index (χ1) is 14.0. The summed E-state index contributed by atoms with van der Waals surface area (Å²) in [5.41, 5.74) is 0.801. The van der Waals surface area contributed by atoms with Crippen LogP contribution in [0.5, 0.6) is 0 Å². The van der Waals surface area contributed by atoms with Crippen molar-refractivity contribution in [1.29, 1.82) is 0 Å². The third kappa shape index (κ3) is 3.96. The van der Waals surface area contributed by atoms with Crippen molar-refractivity contribution in [2.75, 3.05) is 5.32 Å². The summed E-state index contributed by atoms with van der Waals surface area (Å²) in [4.78, 5) is 32.9. The number of hydrogen-bond acceptors (Lipinski definition) is 6. The summed E-state index contributed by atoms with van der Waals surface area (Å²) in [5, 5.41) is 3.48.